The zero-order chi connectivity index (χ0) is 9.42. The second-order valence-corrected chi connectivity index (χ2v) is 4.14. The average molecular weight is 192 g/mol. The van der Waals surface area contributed by atoms with Crippen LogP contribution < -0.4 is 5.73 Å². The number of amides is 1. The quantitative estimate of drug-likeness (QED) is 0.726. The molecule has 0 radical (unpaired) electrons. The van der Waals surface area contributed by atoms with Gasteiger partial charge >= 0.3 is 0 Å². The van der Waals surface area contributed by atoms with E-state index in [9.17, 15) is 4.79 Å². The van der Waals surface area contributed by atoms with Crippen LogP contribution in [0.1, 0.15) is 32.1 Å². The molecule has 0 fully saturated rings. The van der Waals surface area contributed by atoms with Gasteiger partial charge in [0, 0.05) is 4.88 Å². The Morgan fingerprint density at radius 2 is 2.31 bits per heavy atom. The lowest BCUT2D eigenvalue weighted by atomic mass is 10.1. The van der Waals surface area contributed by atoms with Gasteiger partial charge in [-0.3, -0.25) is 4.79 Å². The maximum absolute atomic E-state index is 11.0. The van der Waals surface area contributed by atoms with Crippen molar-refractivity contribution in [3.8, 4) is 6.07 Å². The fraction of sp³-hybridized carbons (Fsp3) is 0.333. The topological polar surface area (TPSA) is 66.9 Å². The Kier molecular flexibility index (Phi) is 1.82. The van der Waals surface area contributed by atoms with Gasteiger partial charge in [-0.1, -0.05) is 0 Å². The van der Waals surface area contributed by atoms with E-state index in [-0.39, 0.29) is 0 Å². The molecule has 0 aromatic carbocycles. The molecule has 1 aliphatic carbocycles. The van der Waals surface area contributed by atoms with Crippen LogP contribution in [0.25, 0.3) is 0 Å². The van der Waals surface area contributed by atoms with E-state index in [1.54, 1.807) is 0 Å². The van der Waals surface area contributed by atoms with Crippen LogP contribution in [0.3, 0.4) is 0 Å². The van der Waals surface area contributed by atoms with Crippen molar-refractivity contribution < 1.29 is 4.79 Å². The van der Waals surface area contributed by atoms with Gasteiger partial charge in [0.1, 0.15) is 10.9 Å². The first-order chi connectivity index (χ1) is 6.24. The third-order valence-electron chi connectivity index (χ3n) is 2.26. The Morgan fingerprint density at radius 1 is 1.54 bits per heavy atom. The van der Waals surface area contributed by atoms with Crippen molar-refractivity contribution in [2.75, 3.05) is 0 Å². The minimum absolute atomic E-state index is 0.437. The Morgan fingerprint density at radius 3 is 2.92 bits per heavy atom. The van der Waals surface area contributed by atoms with Gasteiger partial charge < -0.3 is 5.73 Å². The largest absolute Gasteiger partial charge is 0.365 e. The first-order valence-corrected chi connectivity index (χ1v) is 4.90. The molecule has 1 heterocycles. The molecule has 66 valence electrons. The normalized spacial score (nSPS) is 13.8. The van der Waals surface area contributed by atoms with E-state index < -0.39 is 5.91 Å². The van der Waals surface area contributed by atoms with Gasteiger partial charge in [-0.2, -0.15) is 5.26 Å². The highest BCUT2D eigenvalue weighted by Gasteiger charge is 2.23. The highest BCUT2D eigenvalue weighted by Crippen LogP contribution is 2.34. The molecule has 1 aromatic heterocycles. The molecule has 0 aliphatic heterocycles. The summed E-state index contributed by atoms with van der Waals surface area (Å²) in [5, 5.41) is 8.87. The summed E-state index contributed by atoms with van der Waals surface area (Å²) in [6.07, 6.45) is 3.00. The van der Waals surface area contributed by atoms with Crippen LogP contribution in [-0.4, -0.2) is 5.91 Å². The zero-order valence-corrected chi connectivity index (χ0v) is 7.78. The van der Waals surface area contributed by atoms with E-state index in [2.05, 4.69) is 6.07 Å². The zero-order valence-electron chi connectivity index (χ0n) is 6.96. The van der Waals surface area contributed by atoms with Crippen molar-refractivity contribution in [2.24, 2.45) is 5.73 Å². The third kappa shape index (κ3) is 1.12. The molecule has 13 heavy (non-hydrogen) atoms. The summed E-state index contributed by atoms with van der Waals surface area (Å²) in [5.41, 5.74) is 6.75. The van der Waals surface area contributed by atoms with Crippen molar-refractivity contribution in [1.82, 2.24) is 0 Å². The Labute approximate surface area is 79.8 Å². The summed E-state index contributed by atoms with van der Waals surface area (Å²) in [7, 11) is 0. The van der Waals surface area contributed by atoms with Crippen molar-refractivity contribution >= 4 is 17.2 Å². The molecular weight excluding hydrogens is 184 g/mol. The van der Waals surface area contributed by atoms with Gasteiger partial charge in [0.2, 0.25) is 0 Å². The fourth-order valence-electron chi connectivity index (χ4n) is 1.70. The molecule has 0 atom stereocenters. The standard InChI is InChI=1S/C9H8N2OS/c10-4-6-5-2-1-3-7(5)13-8(6)9(11)12/h1-3H2,(H2,11,12). The SMILES string of the molecule is N#Cc1c(C(N)=O)sc2c1CCC2. The summed E-state index contributed by atoms with van der Waals surface area (Å²) < 4.78 is 0. The second kappa shape index (κ2) is 2.86. The number of primary amides is 1. The lowest BCUT2D eigenvalue weighted by molar-refractivity contribution is 0.100. The Balaban J connectivity index is 2.62. The summed E-state index contributed by atoms with van der Waals surface area (Å²) >= 11 is 1.38. The van der Waals surface area contributed by atoms with Crippen LogP contribution in [0, 0.1) is 11.3 Å². The molecule has 1 aliphatic rings. The van der Waals surface area contributed by atoms with Crippen molar-refractivity contribution in [3.05, 3.63) is 20.9 Å². The molecule has 3 nitrogen and oxygen atoms in total. The van der Waals surface area contributed by atoms with Gasteiger partial charge in [0.05, 0.1) is 5.56 Å². The summed E-state index contributed by atoms with van der Waals surface area (Å²) in [5.74, 6) is -0.476. The maximum atomic E-state index is 11.0. The third-order valence-corrected chi connectivity index (χ3v) is 3.56. The molecular formula is C9H8N2OS. The monoisotopic (exact) mass is 192 g/mol. The second-order valence-electron chi connectivity index (χ2n) is 3.04. The Bertz CT molecular complexity index is 414. The molecule has 1 aromatic rings. The molecule has 2 N–H and O–H groups in total. The first kappa shape index (κ1) is 8.27. The molecule has 0 saturated carbocycles. The van der Waals surface area contributed by atoms with E-state index >= 15 is 0 Å². The molecule has 0 spiro atoms. The van der Waals surface area contributed by atoms with Crippen LogP contribution in [0.2, 0.25) is 0 Å². The number of nitrogens with zero attached hydrogens (tertiary/aromatic N) is 1. The number of fused-ring (bicyclic) bond motifs is 1. The van der Waals surface area contributed by atoms with Crippen LogP contribution in [-0.2, 0) is 12.8 Å². The number of carbonyl (C=O) groups is 1. The minimum atomic E-state index is -0.476. The predicted molar refractivity (Wildman–Crippen MR) is 49.6 cm³/mol. The maximum Gasteiger partial charge on any atom is 0.260 e. The molecule has 4 heteroatoms. The smallest absolute Gasteiger partial charge is 0.260 e. The van der Waals surface area contributed by atoms with Gasteiger partial charge in [-0.25, -0.2) is 0 Å². The molecule has 1 amide bonds. The van der Waals surface area contributed by atoms with Gasteiger partial charge in [-0.05, 0) is 24.8 Å². The number of hydrogen-bond donors (Lipinski definition) is 1. The molecule has 0 bridgehead atoms. The number of aryl methyl sites for hydroxylation is 1. The van der Waals surface area contributed by atoms with E-state index in [1.165, 1.54) is 16.2 Å². The number of nitrogens with two attached hydrogens (primary N) is 1. The number of nitriles is 1. The fourth-order valence-corrected chi connectivity index (χ4v) is 2.89. The summed E-state index contributed by atoms with van der Waals surface area (Å²) in [6.45, 7) is 0. The van der Waals surface area contributed by atoms with Gasteiger partial charge in [0.25, 0.3) is 5.91 Å². The van der Waals surface area contributed by atoms with E-state index in [4.69, 9.17) is 11.0 Å². The number of rotatable bonds is 1. The van der Waals surface area contributed by atoms with E-state index in [0.29, 0.717) is 10.4 Å². The molecule has 0 saturated heterocycles. The van der Waals surface area contributed by atoms with Gasteiger partial charge in [-0.15, -0.1) is 11.3 Å². The predicted octanol–water partition coefficient (Wildman–Crippen LogP) is 1.21. The van der Waals surface area contributed by atoms with Crippen LogP contribution in [0.5, 0.6) is 0 Å². The molecule has 2 rings (SSSR count). The lowest BCUT2D eigenvalue weighted by Gasteiger charge is -1.91. The highest BCUT2D eigenvalue weighted by molar-refractivity contribution is 7.14. The van der Waals surface area contributed by atoms with E-state index in [1.807, 2.05) is 0 Å². The van der Waals surface area contributed by atoms with Crippen molar-refractivity contribution in [3.63, 3.8) is 0 Å². The van der Waals surface area contributed by atoms with Crippen molar-refractivity contribution in [1.29, 1.82) is 5.26 Å². The number of carbonyl (C=O) groups excluding carboxylic acids is 1. The number of hydrogen-bond acceptors (Lipinski definition) is 3. The van der Waals surface area contributed by atoms with E-state index in [0.717, 1.165) is 24.8 Å². The van der Waals surface area contributed by atoms with Crippen LogP contribution in [0.4, 0.5) is 0 Å². The first-order valence-electron chi connectivity index (χ1n) is 4.08. The summed E-state index contributed by atoms with van der Waals surface area (Å²) in [4.78, 5) is 12.6. The Hall–Kier alpha value is -1.34. The number of thiophene rings is 1. The average Bonchev–Trinajstić information content (AvgIpc) is 2.60. The lowest BCUT2D eigenvalue weighted by Crippen LogP contribution is -2.10. The van der Waals surface area contributed by atoms with Crippen LogP contribution >= 0.6 is 11.3 Å². The molecule has 0 unspecified atom stereocenters. The van der Waals surface area contributed by atoms with Gasteiger partial charge in [0.15, 0.2) is 0 Å². The van der Waals surface area contributed by atoms with Crippen LogP contribution in [0.15, 0.2) is 0 Å². The van der Waals surface area contributed by atoms with Crippen molar-refractivity contribution in [2.45, 2.75) is 19.3 Å². The highest BCUT2D eigenvalue weighted by atomic mass is 32.1. The minimum Gasteiger partial charge on any atom is -0.365 e. The summed E-state index contributed by atoms with van der Waals surface area (Å²) in [6, 6.07) is 2.07.